The van der Waals surface area contributed by atoms with Gasteiger partial charge >= 0.3 is 18.3 Å². The Bertz CT molecular complexity index is 713. The molecular weight excluding hydrogens is 334 g/mol. The zero-order valence-corrected chi connectivity index (χ0v) is 11.3. The van der Waals surface area contributed by atoms with Gasteiger partial charge in [0.25, 0.3) is 0 Å². The molecule has 0 unspecified atom stereocenters. The molecular formula is C12H8F6N2O3. The number of methoxy groups -OCH3 is 1. The number of hydrogen-bond donors (Lipinski definition) is 0. The Morgan fingerprint density at radius 2 is 1.87 bits per heavy atom. The van der Waals surface area contributed by atoms with E-state index in [9.17, 15) is 31.1 Å². The SMILES string of the molecule is COC(=O)c1ccc(Cn2nc(C(F)(F)F)cc2C(F)(F)F)o1. The average Bonchev–Trinajstić information content (AvgIpc) is 3.03. The molecule has 2 heterocycles. The zero-order chi connectivity index (χ0) is 17.4. The molecule has 0 saturated heterocycles. The number of ether oxygens (including phenoxy) is 1. The largest absolute Gasteiger partial charge is 0.463 e. The summed E-state index contributed by atoms with van der Waals surface area (Å²) in [5, 5.41) is 2.91. The van der Waals surface area contributed by atoms with Crippen LogP contribution in [0.25, 0.3) is 0 Å². The molecule has 23 heavy (non-hydrogen) atoms. The molecule has 0 N–H and O–H groups in total. The van der Waals surface area contributed by atoms with Crippen LogP contribution in [0.4, 0.5) is 26.3 Å². The average molecular weight is 342 g/mol. The minimum atomic E-state index is -5.03. The lowest BCUT2D eigenvalue weighted by molar-refractivity contribution is -0.144. The lowest BCUT2D eigenvalue weighted by Crippen LogP contribution is -2.15. The van der Waals surface area contributed by atoms with Gasteiger partial charge in [-0.2, -0.15) is 31.4 Å². The van der Waals surface area contributed by atoms with Crippen molar-refractivity contribution in [1.29, 1.82) is 0 Å². The van der Waals surface area contributed by atoms with Crippen molar-refractivity contribution < 1.29 is 40.3 Å². The Kier molecular flexibility index (Phi) is 4.14. The van der Waals surface area contributed by atoms with Crippen LogP contribution in [0.2, 0.25) is 0 Å². The topological polar surface area (TPSA) is 57.3 Å². The summed E-state index contributed by atoms with van der Waals surface area (Å²) in [6, 6.07) is 2.17. The zero-order valence-electron chi connectivity index (χ0n) is 11.3. The summed E-state index contributed by atoms with van der Waals surface area (Å²) in [7, 11) is 1.06. The van der Waals surface area contributed by atoms with Crippen LogP contribution < -0.4 is 0 Å². The second-order valence-electron chi connectivity index (χ2n) is 4.33. The van der Waals surface area contributed by atoms with Crippen molar-refractivity contribution in [3.63, 3.8) is 0 Å². The lowest BCUT2D eigenvalue weighted by atomic mass is 10.3. The van der Waals surface area contributed by atoms with Crippen molar-refractivity contribution in [3.8, 4) is 0 Å². The first-order valence-corrected chi connectivity index (χ1v) is 5.91. The number of esters is 1. The molecule has 0 fully saturated rings. The maximum atomic E-state index is 12.8. The Balaban J connectivity index is 2.37. The highest BCUT2D eigenvalue weighted by Gasteiger charge is 2.42. The Labute approximate surface area is 124 Å². The standard InChI is InChI=1S/C12H8F6N2O3/c1-22-10(21)7-3-2-6(23-7)5-20-9(12(16,17)18)4-8(19-20)11(13,14)15/h2-4H,5H2,1H3. The summed E-state index contributed by atoms with van der Waals surface area (Å²) >= 11 is 0. The van der Waals surface area contributed by atoms with Crippen molar-refractivity contribution in [2.45, 2.75) is 18.9 Å². The summed E-state index contributed by atoms with van der Waals surface area (Å²) in [6.07, 6.45) is -10.1. The van der Waals surface area contributed by atoms with Crippen LogP contribution in [0.15, 0.2) is 22.6 Å². The third-order valence-corrected chi connectivity index (χ3v) is 2.71. The third-order valence-electron chi connectivity index (χ3n) is 2.71. The minimum absolute atomic E-state index is 0.0931. The molecule has 2 aromatic heterocycles. The number of aromatic nitrogens is 2. The fourth-order valence-electron chi connectivity index (χ4n) is 1.72. The maximum absolute atomic E-state index is 12.8. The molecule has 0 aliphatic heterocycles. The van der Waals surface area contributed by atoms with Gasteiger partial charge in [-0.3, -0.25) is 4.68 Å². The molecule has 126 valence electrons. The number of hydrogen-bond acceptors (Lipinski definition) is 4. The van der Waals surface area contributed by atoms with Crippen molar-refractivity contribution in [2.24, 2.45) is 0 Å². The molecule has 0 spiro atoms. The van der Waals surface area contributed by atoms with Crippen LogP contribution in [0.5, 0.6) is 0 Å². The van der Waals surface area contributed by atoms with Gasteiger partial charge in [0.2, 0.25) is 5.76 Å². The highest BCUT2D eigenvalue weighted by molar-refractivity contribution is 5.86. The van der Waals surface area contributed by atoms with Gasteiger partial charge in [0.15, 0.2) is 5.69 Å². The molecule has 5 nitrogen and oxygen atoms in total. The van der Waals surface area contributed by atoms with Gasteiger partial charge in [-0.05, 0) is 12.1 Å². The van der Waals surface area contributed by atoms with E-state index in [0.717, 1.165) is 19.2 Å². The van der Waals surface area contributed by atoms with E-state index in [0.29, 0.717) is 0 Å². The Morgan fingerprint density at radius 3 is 2.39 bits per heavy atom. The van der Waals surface area contributed by atoms with Gasteiger partial charge in [-0.15, -0.1) is 0 Å². The molecule has 0 aromatic carbocycles. The maximum Gasteiger partial charge on any atom is 0.435 e. The smallest absolute Gasteiger partial charge is 0.435 e. The summed E-state index contributed by atoms with van der Waals surface area (Å²) in [5.74, 6) is -1.35. The monoisotopic (exact) mass is 342 g/mol. The van der Waals surface area contributed by atoms with Crippen LogP contribution in [-0.2, 0) is 23.6 Å². The number of furan rings is 1. The predicted molar refractivity (Wildman–Crippen MR) is 61.4 cm³/mol. The molecule has 0 radical (unpaired) electrons. The number of alkyl halides is 6. The van der Waals surface area contributed by atoms with Crippen molar-refractivity contribution in [3.05, 3.63) is 41.1 Å². The number of halogens is 6. The minimum Gasteiger partial charge on any atom is -0.463 e. The predicted octanol–water partition coefficient (Wildman–Crippen LogP) is 3.35. The van der Waals surface area contributed by atoms with Gasteiger partial charge < -0.3 is 9.15 Å². The number of nitrogens with zero attached hydrogens (tertiary/aromatic N) is 2. The van der Waals surface area contributed by atoms with E-state index in [4.69, 9.17) is 4.42 Å². The highest BCUT2D eigenvalue weighted by Crippen LogP contribution is 2.35. The molecule has 2 aromatic rings. The number of carbonyl (C=O) groups is 1. The van der Waals surface area contributed by atoms with Crippen molar-refractivity contribution >= 4 is 5.97 Å². The van der Waals surface area contributed by atoms with Crippen molar-refractivity contribution in [1.82, 2.24) is 9.78 Å². The van der Waals surface area contributed by atoms with Crippen LogP contribution in [0.3, 0.4) is 0 Å². The second-order valence-corrected chi connectivity index (χ2v) is 4.33. The van der Waals surface area contributed by atoms with Crippen LogP contribution in [-0.4, -0.2) is 22.9 Å². The Morgan fingerprint density at radius 1 is 1.22 bits per heavy atom. The van der Waals surface area contributed by atoms with Gasteiger partial charge in [-0.1, -0.05) is 0 Å². The second kappa shape index (κ2) is 5.63. The fraction of sp³-hybridized carbons (Fsp3) is 0.333. The van der Waals surface area contributed by atoms with Crippen LogP contribution in [0.1, 0.15) is 27.7 Å². The molecule has 11 heteroatoms. The quantitative estimate of drug-likeness (QED) is 0.634. The molecule has 0 amide bonds. The molecule has 0 saturated carbocycles. The fourth-order valence-corrected chi connectivity index (χ4v) is 1.72. The first-order chi connectivity index (χ1) is 10.5. The summed E-state index contributed by atoms with van der Waals surface area (Å²) in [4.78, 5) is 11.2. The molecule has 0 atom stereocenters. The van der Waals surface area contributed by atoms with Gasteiger partial charge in [0.1, 0.15) is 11.5 Å². The molecule has 0 aliphatic carbocycles. The highest BCUT2D eigenvalue weighted by atomic mass is 19.4. The normalized spacial score (nSPS) is 12.5. The van der Waals surface area contributed by atoms with Gasteiger partial charge in [0, 0.05) is 6.07 Å². The van der Waals surface area contributed by atoms with Gasteiger partial charge in [0.05, 0.1) is 13.7 Å². The lowest BCUT2D eigenvalue weighted by Gasteiger charge is -2.08. The molecule has 2 rings (SSSR count). The van der Waals surface area contributed by atoms with E-state index >= 15 is 0 Å². The van der Waals surface area contributed by atoms with E-state index in [1.54, 1.807) is 0 Å². The van der Waals surface area contributed by atoms with E-state index < -0.39 is 36.3 Å². The Hall–Kier alpha value is -2.46. The van der Waals surface area contributed by atoms with E-state index in [1.807, 2.05) is 0 Å². The number of carbonyl (C=O) groups excluding carboxylic acids is 1. The summed E-state index contributed by atoms with van der Waals surface area (Å²) < 4.78 is 85.4. The summed E-state index contributed by atoms with van der Waals surface area (Å²) in [5.41, 5.74) is -3.26. The first kappa shape index (κ1) is 16.9. The number of rotatable bonds is 3. The summed E-state index contributed by atoms with van der Waals surface area (Å²) in [6.45, 7) is -0.734. The molecule has 0 bridgehead atoms. The van der Waals surface area contributed by atoms with Crippen molar-refractivity contribution in [2.75, 3.05) is 7.11 Å². The first-order valence-electron chi connectivity index (χ1n) is 5.91. The van der Waals surface area contributed by atoms with E-state index in [-0.39, 0.29) is 22.3 Å². The third kappa shape index (κ3) is 3.66. The van der Waals surface area contributed by atoms with Crippen LogP contribution in [0, 0.1) is 0 Å². The van der Waals surface area contributed by atoms with E-state index in [1.165, 1.54) is 0 Å². The van der Waals surface area contributed by atoms with E-state index in [2.05, 4.69) is 9.84 Å². The molecule has 0 aliphatic rings. The van der Waals surface area contributed by atoms with Gasteiger partial charge in [-0.25, -0.2) is 4.79 Å². The van der Waals surface area contributed by atoms with Crippen LogP contribution >= 0.6 is 0 Å².